The van der Waals surface area contributed by atoms with Crippen LogP contribution in [0.4, 0.5) is 0 Å². The van der Waals surface area contributed by atoms with Gasteiger partial charge in [0.1, 0.15) is 6.04 Å². The molecule has 0 bridgehead atoms. The number of carboxylic acids is 1. The maximum absolute atomic E-state index is 11.1. The van der Waals surface area contributed by atoms with E-state index in [1.165, 1.54) is 0 Å². The van der Waals surface area contributed by atoms with E-state index < -0.39 is 12.0 Å². The summed E-state index contributed by atoms with van der Waals surface area (Å²) >= 11 is 5.64. The highest BCUT2D eigenvalue weighted by atomic mass is 35.5. The van der Waals surface area contributed by atoms with Crippen molar-refractivity contribution < 1.29 is 9.90 Å². The van der Waals surface area contributed by atoms with Crippen molar-refractivity contribution in [3.05, 3.63) is 23.0 Å². The molecular formula is C10H13ClN4O2. The molecule has 0 aromatic carbocycles. The second-order valence-corrected chi connectivity index (χ2v) is 4.26. The fraction of sp³-hybridized carbons (Fsp3) is 0.500. The Morgan fingerprint density at radius 2 is 2.41 bits per heavy atom. The molecule has 17 heavy (non-hydrogen) atoms. The molecule has 1 atom stereocenters. The van der Waals surface area contributed by atoms with E-state index in [0.29, 0.717) is 24.8 Å². The molecule has 0 amide bonds. The molecule has 1 saturated heterocycles. The SMILES string of the molecule is O=C(O)C1CNCCN1Cc1ccc(Cl)nn1. The molecular weight excluding hydrogens is 244 g/mol. The Labute approximate surface area is 104 Å². The predicted molar refractivity (Wildman–Crippen MR) is 61.7 cm³/mol. The fourth-order valence-corrected chi connectivity index (χ4v) is 1.92. The second kappa shape index (κ2) is 5.39. The number of carbonyl (C=O) groups is 1. The molecule has 0 saturated carbocycles. The summed E-state index contributed by atoms with van der Waals surface area (Å²) in [6, 6.07) is 2.90. The number of rotatable bonds is 3. The number of hydrogen-bond donors (Lipinski definition) is 2. The van der Waals surface area contributed by atoms with E-state index in [9.17, 15) is 4.79 Å². The molecule has 1 aliphatic rings. The van der Waals surface area contributed by atoms with Crippen molar-refractivity contribution in [1.82, 2.24) is 20.4 Å². The number of aromatic nitrogens is 2. The van der Waals surface area contributed by atoms with Crippen molar-refractivity contribution >= 4 is 17.6 Å². The van der Waals surface area contributed by atoms with Gasteiger partial charge in [-0.3, -0.25) is 9.69 Å². The molecule has 2 N–H and O–H groups in total. The van der Waals surface area contributed by atoms with Crippen LogP contribution in [0.1, 0.15) is 5.69 Å². The minimum absolute atomic E-state index is 0.337. The van der Waals surface area contributed by atoms with E-state index in [1.807, 2.05) is 4.90 Å². The van der Waals surface area contributed by atoms with Crippen LogP contribution in [-0.2, 0) is 11.3 Å². The summed E-state index contributed by atoms with van der Waals surface area (Å²) in [5, 5.41) is 20.2. The lowest BCUT2D eigenvalue weighted by Gasteiger charge is -2.32. The third-order valence-electron chi connectivity index (χ3n) is 2.69. The molecule has 0 spiro atoms. The van der Waals surface area contributed by atoms with Crippen LogP contribution >= 0.6 is 11.6 Å². The summed E-state index contributed by atoms with van der Waals surface area (Å²) in [6.45, 7) is 2.39. The number of carboxylic acid groups (broad SMARTS) is 1. The summed E-state index contributed by atoms with van der Waals surface area (Å²) in [7, 11) is 0. The Hall–Kier alpha value is -1.24. The van der Waals surface area contributed by atoms with Gasteiger partial charge in [-0.2, -0.15) is 5.10 Å². The average Bonchev–Trinajstić information content (AvgIpc) is 2.32. The van der Waals surface area contributed by atoms with Crippen LogP contribution in [0.25, 0.3) is 0 Å². The predicted octanol–water partition coefficient (Wildman–Crippen LogP) is -0.0116. The van der Waals surface area contributed by atoms with Gasteiger partial charge in [-0.1, -0.05) is 11.6 Å². The van der Waals surface area contributed by atoms with Gasteiger partial charge in [0.25, 0.3) is 0 Å². The second-order valence-electron chi connectivity index (χ2n) is 3.88. The first kappa shape index (κ1) is 12.2. The number of halogens is 1. The largest absolute Gasteiger partial charge is 0.480 e. The third kappa shape index (κ3) is 3.12. The Balaban J connectivity index is 2.05. The van der Waals surface area contributed by atoms with Crippen LogP contribution in [0.3, 0.4) is 0 Å². The number of nitrogens with zero attached hydrogens (tertiary/aromatic N) is 3. The molecule has 2 rings (SSSR count). The molecule has 2 heterocycles. The highest BCUT2D eigenvalue weighted by Crippen LogP contribution is 2.10. The lowest BCUT2D eigenvalue weighted by Crippen LogP contribution is -2.54. The van der Waals surface area contributed by atoms with Gasteiger partial charge in [-0.25, -0.2) is 0 Å². The maximum atomic E-state index is 11.1. The van der Waals surface area contributed by atoms with Crippen LogP contribution in [0.5, 0.6) is 0 Å². The van der Waals surface area contributed by atoms with Crippen LogP contribution in [0.15, 0.2) is 12.1 Å². The van der Waals surface area contributed by atoms with E-state index in [4.69, 9.17) is 16.7 Å². The molecule has 0 radical (unpaired) electrons. The number of aliphatic carboxylic acids is 1. The van der Waals surface area contributed by atoms with Crippen molar-refractivity contribution in [3.8, 4) is 0 Å². The quantitative estimate of drug-likeness (QED) is 0.792. The monoisotopic (exact) mass is 256 g/mol. The summed E-state index contributed by atoms with van der Waals surface area (Å²) < 4.78 is 0. The minimum Gasteiger partial charge on any atom is -0.480 e. The van der Waals surface area contributed by atoms with E-state index in [2.05, 4.69) is 15.5 Å². The van der Waals surface area contributed by atoms with Gasteiger partial charge in [0.15, 0.2) is 5.15 Å². The normalized spacial score (nSPS) is 21.4. The lowest BCUT2D eigenvalue weighted by molar-refractivity contribution is -0.144. The zero-order valence-corrected chi connectivity index (χ0v) is 9.89. The minimum atomic E-state index is -0.820. The fourth-order valence-electron chi connectivity index (χ4n) is 1.82. The third-order valence-corrected chi connectivity index (χ3v) is 2.89. The number of piperazine rings is 1. The van der Waals surface area contributed by atoms with Gasteiger partial charge < -0.3 is 10.4 Å². The topological polar surface area (TPSA) is 78.4 Å². The van der Waals surface area contributed by atoms with E-state index in [1.54, 1.807) is 12.1 Å². The van der Waals surface area contributed by atoms with Crippen molar-refractivity contribution in [1.29, 1.82) is 0 Å². The highest BCUT2D eigenvalue weighted by Gasteiger charge is 2.28. The van der Waals surface area contributed by atoms with Crippen LogP contribution in [0, 0.1) is 0 Å². The number of nitrogens with one attached hydrogen (secondary N) is 1. The Bertz CT molecular complexity index is 398. The van der Waals surface area contributed by atoms with Gasteiger partial charge in [0, 0.05) is 26.2 Å². The molecule has 1 aromatic rings. The van der Waals surface area contributed by atoms with Crippen molar-refractivity contribution in [2.75, 3.05) is 19.6 Å². The molecule has 1 unspecified atom stereocenters. The summed E-state index contributed by atoms with van der Waals surface area (Å²) in [5.74, 6) is -0.820. The molecule has 1 aromatic heterocycles. The first-order valence-corrected chi connectivity index (χ1v) is 5.70. The van der Waals surface area contributed by atoms with Crippen LogP contribution < -0.4 is 5.32 Å². The van der Waals surface area contributed by atoms with E-state index in [0.717, 1.165) is 12.2 Å². The van der Waals surface area contributed by atoms with E-state index in [-0.39, 0.29) is 0 Å². The number of hydrogen-bond acceptors (Lipinski definition) is 5. The van der Waals surface area contributed by atoms with Crippen molar-refractivity contribution in [3.63, 3.8) is 0 Å². The van der Waals surface area contributed by atoms with E-state index >= 15 is 0 Å². The average molecular weight is 257 g/mol. The van der Waals surface area contributed by atoms with Crippen LogP contribution in [0.2, 0.25) is 5.15 Å². The standard InChI is InChI=1S/C10H13ClN4O2/c11-9-2-1-7(13-14-9)6-15-4-3-12-5-8(15)10(16)17/h1-2,8,12H,3-6H2,(H,16,17). The first-order valence-electron chi connectivity index (χ1n) is 5.32. The van der Waals surface area contributed by atoms with Crippen molar-refractivity contribution in [2.45, 2.75) is 12.6 Å². The van der Waals surface area contributed by atoms with Crippen molar-refractivity contribution in [2.24, 2.45) is 0 Å². The van der Waals surface area contributed by atoms with Gasteiger partial charge in [-0.15, -0.1) is 5.10 Å². The lowest BCUT2D eigenvalue weighted by atomic mass is 10.2. The zero-order chi connectivity index (χ0) is 12.3. The molecule has 92 valence electrons. The summed E-state index contributed by atoms with van der Waals surface area (Å²) in [6.07, 6.45) is 0. The first-order chi connectivity index (χ1) is 8.16. The molecule has 7 heteroatoms. The zero-order valence-electron chi connectivity index (χ0n) is 9.14. The summed E-state index contributed by atoms with van der Waals surface area (Å²) in [4.78, 5) is 12.9. The molecule has 1 fully saturated rings. The highest BCUT2D eigenvalue weighted by molar-refractivity contribution is 6.29. The van der Waals surface area contributed by atoms with Gasteiger partial charge in [-0.05, 0) is 12.1 Å². The van der Waals surface area contributed by atoms with Gasteiger partial charge >= 0.3 is 5.97 Å². The smallest absolute Gasteiger partial charge is 0.322 e. The van der Waals surface area contributed by atoms with Gasteiger partial charge in [0.2, 0.25) is 0 Å². The maximum Gasteiger partial charge on any atom is 0.322 e. The Kier molecular flexibility index (Phi) is 3.88. The van der Waals surface area contributed by atoms with Gasteiger partial charge in [0.05, 0.1) is 5.69 Å². The molecule has 0 aliphatic carbocycles. The summed E-state index contributed by atoms with van der Waals surface area (Å²) in [5.41, 5.74) is 0.725. The Morgan fingerprint density at radius 1 is 1.59 bits per heavy atom. The molecule has 6 nitrogen and oxygen atoms in total. The molecule has 1 aliphatic heterocycles. The Morgan fingerprint density at radius 3 is 3.06 bits per heavy atom. The van der Waals surface area contributed by atoms with Crippen LogP contribution in [-0.4, -0.2) is 51.8 Å².